The van der Waals surface area contributed by atoms with Crippen LogP contribution in [0.3, 0.4) is 0 Å². The number of hydrogen-bond acceptors (Lipinski definition) is 2. The van der Waals surface area contributed by atoms with E-state index in [9.17, 15) is 0 Å². The van der Waals surface area contributed by atoms with E-state index < -0.39 is 0 Å². The Morgan fingerprint density at radius 3 is 2.43 bits per heavy atom. The zero-order valence-electron chi connectivity index (χ0n) is 13.8. The van der Waals surface area contributed by atoms with E-state index in [1.165, 1.54) is 34.8 Å². The molecule has 0 aliphatic carbocycles. The highest BCUT2D eigenvalue weighted by atomic mass is 32.2. The smallest absolute Gasteiger partial charge is 0.137 e. The van der Waals surface area contributed by atoms with Crippen molar-refractivity contribution in [1.29, 1.82) is 0 Å². The second-order valence-corrected chi connectivity index (χ2v) is 7.02. The first kappa shape index (κ1) is 16.2. The van der Waals surface area contributed by atoms with Gasteiger partial charge in [-0.1, -0.05) is 6.92 Å². The quantitative estimate of drug-likeness (QED) is 0.767. The molecule has 0 saturated carbocycles. The van der Waals surface area contributed by atoms with Gasteiger partial charge in [0.05, 0.1) is 0 Å². The van der Waals surface area contributed by atoms with Gasteiger partial charge in [-0.3, -0.25) is 0 Å². The van der Waals surface area contributed by atoms with Crippen LogP contribution in [-0.2, 0) is 6.42 Å². The molecule has 0 saturated heterocycles. The Hall–Kier alpha value is -1.22. The van der Waals surface area contributed by atoms with Crippen molar-refractivity contribution in [3.8, 4) is 5.82 Å². The first-order valence-corrected chi connectivity index (χ1v) is 9.02. The molecule has 2 heterocycles. The van der Waals surface area contributed by atoms with E-state index in [2.05, 4.69) is 62.8 Å². The van der Waals surface area contributed by atoms with Crippen molar-refractivity contribution in [1.82, 2.24) is 9.55 Å². The second-order valence-electron chi connectivity index (χ2n) is 6.04. The van der Waals surface area contributed by atoms with Gasteiger partial charge in [-0.2, -0.15) is 11.8 Å². The van der Waals surface area contributed by atoms with E-state index >= 15 is 0 Å². The molecule has 2 nitrogen and oxygen atoms in total. The predicted molar refractivity (Wildman–Crippen MR) is 93.6 cm³/mol. The highest BCUT2D eigenvalue weighted by Crippen LogP contribution is 2.19. The van der Waals surface area contributed by atoms with Gasteiger partial charge >= 0.3 is 0 Å². The van der Waals surface area contributed by atoms with E-state index in [-0.39, 0.29) is 0 Å². The first-order chi connectivity index (χ1) is 10.0. The van der Waals surface area contributed by atoms with Gasteiger partial charge in [0.25, 0.3) is 0 Å². The molecule has 0 fully saturated rings. The molecule has 0 aliphatic heterocycles. The van der Waals surface area contributed by atoms with Crippen molar-refractivity contribution in [2.75, 3.05) is 12.0 Å². The average molecular weight is 302 g/mol. The maximum Gasteiger partial charge on any atom is 0.137 e. The standard InChI is InChI=1S/C18H26N2S/c1-13(8-9-21-5)10-17-11-14(2)12-18(19-17)20-15(3)6-7-16(20)4/h6-7,11-13H,8-10H2,1-5H3. The van der Waals surface area contributed by atoms with E-state index in [0.29, 0.717) is 5.92 Å². The SMILES string of the molecule is CSCCC(C)Cc1cc(C)cc(-n2c(C)ccc2C)n1. The summed E-state index contributed by atoms with van der Waals surface area (Å²) in [5.74, 6) is 2.98. The minimum absolute atomic E-state index is 0.687. The van der Waals surface area contributed by atoms with Crippen LogP contribution in [0.15, 0.2) is 24.3 Å². The Balaban J connectivity index is 2.26. The molecular weight excluding hydrogens is 276 g/mol. The predicted octanol–water partition coefficient (Wildman–Crippen LogP) is 4.73. The molecule has 0 amide bonds. The number of rotatable bonds is 6. The molecule has 21 heavy (non-hydrogen) atoms. The lowest BCUT2D eigenvalue weighted by Crippen LogP contribution is -2.08. The fraction of sp³-hybridized carbons (Fsp3) is 0.500. The number of nitrogens with zero attached hydrogens (tertiary/aromatic N) is 2. The number of aromatic nitrogens is 2. The van der Waals surface area contributed by atoms with E-state index in [1.54, 1.807) is 0 Å². The molecule has 0 bridgehead atoms. The maximum absolute atomic E-state index is 4.90. The van der Waals surface area contributed by atoms with E-state index in [0.717, 1.165) is 12.2 Å². The number of aryl methyl sites for hydroxylation is 3. The Bertz CT molecular complexity index is 582. The topological polar surface area (TPSA) is 17.8 Å². The molecule has 0 aromatic carbocycles. The summed E-state index contributed by atoms with van der Waals surface area (Å²) >= 11 is 1.92. The molecule has 2 aromatic heterocycles. The molecule has 0 N–H and O–H groups in total. The summed E-state index contributed by atoms with van der Waals surface area (Å²) in [6, 6.07) is 8.71. The van der Waals surface area contributed by atoms with Crippen LogP contribution in [0, 0.1) is 26.7 Å². The van der Waals surface area contributed by atoms with Crippen molar-refractivity contribution >= 4 is 11.8 Å². The van der Waals surface area contributed by atoms with Gasteiger partial charge in [-0.25, -0.2) is 4.98 Å². The molecule has 2 rings (SSSR count). The largest absolute Gasteiger partial charge is 0.303 e. The maximum atomic E-state index is 4.90. The Morgan fingerprint density at radius 2 is 1.81 bits per heavy atom. The molecule has 0 aliphatic rings. The summed E-state index contributed by atoms with van der Waals surface area (Å²) < 4.78 is 2.24. The van der Waals surface area contributed by atoms with Crippen molar-refractivity contribution in [2.45, 2.75) is 40.5 Å². The normalized spacial score (nSPS) is 12.6. The van der Waals surface area contributed by atoms with Gasteiger partial charge in [0.1, 0.15) is 5.82 Å². The van der Waals surface area contributed by atoms with Crippen molar-refractivity contribution in [3.63, 3.8) is 0 Å². The molecule has 3 heteroatoms. The number of pyridine rings is 1. The lowest BCUT2D eigenvalue weighted by Gasteiger charge is -2.14. The summed E-state index contributed by atoms with van der Waals surface area (Å²) in [6.07, 6.45) is 4.50. The van der Waals surface area contributed by atoms with Crippen LogP contribution < -0.4 is 0 Å². The third kappa shape index (κ3) is 4.13. The molecule has 2 aromatic rings. The van der Waals surface area contributed by atoms with Gasteiger partial charge in [-0.15, -0.1) is 0 Å². The van der Waals surface area contributed by atoms with E-state index in [4.69, 9.17) is 4.98 Å². The van der Waals surface area contributed by atoms with E-state index in [1.807, 2.05) is 11.8 Å². The first-order valence-electron chi connectivity index (χ1n) is 7.63. The van der Waals surface area contributed by atoms with Crippen molar-refractivity contribution < 1.29 is 0 Å². The Labute approximate surface area is 133 Å². The third-order valence-corrected chi connectivity index (χ3v) is 4.53. The third-order valence-electron chi connectivity index (χ3n) is 3.88. The monoisotopic (exact) mass is 302 g/mol. The fourth-order valence-corrected chi connectivity index (χ4v) is 3.38. The summed E-state index contributed by atoms with van der Waals surface area (Å²) in [6.45, 7) is 8.76. The number of hydrogen-bond donors (Lipinski definition) is 0. The summed E-state index contributed by atoms with van der Waals surface area (Å²) in [4.78, 5) is 4.90. The lowest BCUT2D eigenvalue weighted by molar-refractivity contribution is 0.556. The molecule has 114 valence electrons. The molecule has 0 radical (unpaired) electrons. The molecule has 1 unspecified atom stereocenters. The summed E-state index contributed by atoms with van der Waals surface area (Å²) in [7, 11) is 0. The van der Waals surface area contributed by atoms with Gasteiger partial charge in [-0.05, 0) is 81.4 Å². The summed E-state index contributed by atoms with van der Waals surface area (Å²) in [5, 5.41) is 0. The van der Waals surface area contributed by atoms with Crippen LogP contribution in [0.4, 0.5) is 0 Å². The lowest BCUT2D eigenvalue weighted by atomic mass is 10.0. The van der Waals surface area contributed by atoms with Crippen molar-refractivity contribution in [2.24, 2.45) is 5.92 Å². The highest BCUT2D eigenvalue weighted by molar-refractivity contribution is 7.98. The number of thioether (sulfide) groups is 1. The van der Waals surface area contributed by atoms with Gasteiger partial charge < -0.3 is 4.57 Å². The van der Waals surface area contributed by atoms with Crippen LogP contribution in [0.1, 0.15) is 36.0 Å². The van der Waals surface area contributed by atoms with Crippen molar-refractivity contribution in [3.05, 3.63) is 46.9 Å². The van der Waals surface area contributed by atoms with Crippen LogP contribution >= 0.6 is 11.8 Å². The Morgan fingerprint density at radius 1 is 1.14 bits per heavy atom. The minimum Gasteiger partial charge on any atom is -0.303 e. The summed E-state index contributed by atoms with van der Waals surface area (Å²) in [5.41, 5.74) is 4.99. The fourth-order valence-electron chi connectivity index (χ4n) is 2.75. The van der Waals surface area contributed by atoms with Crippen LogP contribution in [0.25, 0.3) is 5.82 Å². The molecule has 1 atom stereocenters. The van der Waals surface area contributed by atoms with Crippen LogP contribution in [0.2, 0.25) is 0 Å². The zero-order chi connectivity index (χ0) is 15.4. The Kier molecular flexibility index (Phi) is 5.51. The highest BCUT2D eigenvalue weighted by Gasteiger charge is 2.10. The van der Waals surface area contributed by atoms with Crippen LogP contribution in [0.5, 0.6) is 0 Å². The molecular formula is C18H26N2S. The average Bonchev–Trinajstić information content (AvgIpc) is 2.75. The van der Waals surface area contributed by atoms with Gasteiger partial charge in [0.15, 0.2) is 0 Å². The van der Waals surface area contributed by atoms with Gasteiger partial charge in [0, 0.05) is 17.1 Å². The zero-order valence-corrected chi connectivity index (χ0v) is 14.6. The minimum atomic E-state index is 0.687. The van der Waals surface area contributed by atoms with Crippen LogP contribution in [-0.4, -0.2) is 21.6 Å². The molecule has 0 spiro atoms. The van der Waals surface area contributed by atoms with Gasteiger partial charge in [0.2, 0.25) is 0 Å². The second kappa shape index (κ2) is 7.17.